The number of hydrogen-bond acceptors (Lipinski definition) is 23. The highest BCUT2D eigenvalue weighted by molar-refractivity contribution is 5.89. The van der Waals surface area contributed by atoms with Crippen molar-refractivity contribution in [3.8, 4) is 51.6 Å². The molecule has 3 fully saturated rings. The Labute approximate surface area is 365 Å². The summed E-state index contributed by atoms with van der Waals surface area (Å²) < 4.78 is 45.9. The monoisotopic (exact) mass is 918 g/mol. The summed E-state index contributed by atoms with van der Waals surface area (Å²) in [6.45, 7) is 1.93. The van der Waals surface area contributed by atoms with Crippen LogP contribution in [-0.4, -0.2) is 171 Å². The molecule has 13 N–H and O–H groups in total. The molecule has 0 spiro atoms. The largest absolute Gasteiger partial charge is 0.507 e. The molecular formula is C42H46O23. The Morgan fingerprint density at radius 3 is 1.89 bits per heavy atom. The highest BCUT2D eigenvalue weighted by Gasteiger charge is 2.52. The van der Waals surface area contributed by atoms with Gasteiger partial charge in [-0.05, 0) is 55.8 Å². The highest BCUT2D eigenvalue weighted by atomic mass is 16.8. The Morgan fingerprint density at radius 1 is 0.631 bits per heavy atom. The number of hydrogen-bond donors (Lipinski definition) is 13. The third-order valence-electron chi connectivity index (χ3n) is 11.0. The van der Waals surface area contributed by atoms with Gasteiger partial charge in [0.2, 0.25) is 23.8 Å². The molecule has 65 heavy (non-hydrogen) atoms. The van der Waals surface area contributed by atoms with E-state index in [4.69, 9.17) is 37.6 Å². The van der Waals surface area contributed by atoms with Crippen molar-refractivity contribution in [2.75, 3.05) is 6.61 Å². The normalized spacial score (nSPS) is 32.9. The molecule has 0 amide bonds. The molecule has 3 saturated heterocycles. The summed E-state index contributed by atoms with van der Waals surface area (Å²) in [5.41, 5.74) is -1.48. The molecular weight excluding hydrogens is 872 g/mol. The van der Waals surface area contributed by atoms with Crippen molar-refractivity contribution in [2.24, 2.45) is 0 Å². The second-order valence-electron chi connectivity index (χ2n) is 15.5. The van der Waals surface area contributed by atoms with Gasteiger partial charge in [0.1, 0.15) is 84.0 Å². The van der Waals surface area contributed by atoms with Crippen molar-refractivity contribution in [3.05, 3.63) is 70.4 Å². The Bertz CT molecular complexity index is 2460. The first-order valence-electron chi connectivity index (χ1n) is 19.9. The zero-order chi connectivity index (χ0) is 47.2. The third-order valence-corrected chi connectivity index (χ3v) is 11.0. The number of carbonyl (C=O) groups is 1. The fraction of sp³-hybridized carbons (Fsp3) is 0.429. The molecule has 1 aromatic heterocycles. The van der Waals surface area contributed by atoms with E-state index in [1.165, 1.54) is 38.1 Å². The lowest BCUT2D eigenvalue weighted by molar-refractivity contribution is -0.354. The van der Waals surface area contributed by atoms with Crippen LogP contribution in [0.15, 0.2) is 63.8 Å². The second kappa shape index (κ2) is 19.0. The van der Waals surface area contributed by atoms with Crippen molar-refractivity contribution >= 4 is 23.0 Å². The molecule has 352 valence electrons. The average Bonchev–Trinajstić information content (AvgIpc) is 3.26. The molecule has 0 saturated carbocycles. The maximum absolute atomic E-state index is 14.5. The number of ether oxygens (including phenoxy) is 7. The van der Waals surface area contributed by atoms with Crippen LogP contribution in [0.4, 0.5) is 0 Å². The van der Waals surface area contributed by atoms with Gasteiger partial charge in [-0.25, -0.2) is 4.79 Å². The lowest BCUT2D eigenvalue weighted by Gasteiger charge is -2.45. The summed E-state index contributed by atoms with van der Waals surface area (Å²) >= 11 is 0. The van der Waals surface area contributed by atoms with Gasteiger partial charge >= 0.3 is 5.97 Å². The highest BCUT2D eigenvalue weighted by Crippen LogP contribution is 2.41. The molecule has 3 aromatic carbocycles. The maximum atomic E-state index is 14.5. The first kappa shape index (κ1) is 47.2. The van der Waals surface area contributed by atoms with Crippen molar-refractivity contribution in [3.63, 3.8) is 0 Å². The van der Waals surface area contributed by atoms with Crippen LogP contribution >= 0.6 is 0 Å². The minimum absolute atomic E-state index is 0.165. The molecule has 3 aliphatic rings. The zero-order valence-electron chi connectivity index (χ0n) is 34.0. The van der Waals surface area contributed by atoms with Crippen LogP contribution in [0.2, 0.25) is 0 Å². The van der Waals surface area contributed by atoms with Gasteiger partial charge in [-0.1, -0.05) is 6.07 Å². The van der Waals surface area contributed by atoms with Crippen molar-refractivity contribution in [2.45, 2.75) is 106 Å². The van der Waals surface area contributed by atoms with Crippen molar-refractivity contribution in [1.82, 2.24) is 0 Å². The summed E-state index contributed by atoms with van der Waals surface area (Å²) in [6, 6.07) is 8.85. The van der Waals surface area contributed by atoms with Crippen LogP contribution in [0.25, 0.3) is 28.4 Å². The first-order valence-corrected chi connectivity index (χ1v) is 19.9. The van der Waals surface area contributed by atoms with Gasteiger partial charge < -0.3 is 104 Å². The van der Waals surface area contributed by atoms with Crippen LogP contribution in [-0.2, 0) is 28.5 Å². The quantitative estimate of drug-likeness (QED) is 0.0462. The number of aliphatic hydroxyl groups is 8. The number of benzene rings is 3. The number of aliphatic hydroxyl groups excluding tert-OH is 8. The van der Waals surface area contributed by atoms with E-state index >= 15 is 0 Å². The molecule has 3 aliphatic heterocycles. The van der Waals surface area contributed by atoms with Gasteiger partial charge in [0.15, 0.2) is 41.2 Å². The van der Waals surface area contributed by atoms with Crippen molar-refractivity contribution < 1.29 is 109 Å². The van der Waals surface area contributed by atoms with Gasteiger partial charge in [0.25, 0.3) is 0 Å². The van der Waals surface area contributed by atoms with Gasteiger partial charge in [-0.3, -0.25) is 4.79 Å². The fourth-order valence-electron chi connectivity index (χ4n) is 7.23. The van der Waals surface area contributed by atoms with E-state index in [2.05, 4.69) is 0 Å². The number of aromatic hydroxyl groups is 5. The summed E-state index contributed by atoms with van der Waals surface area (Å²) in [4.78, 5) is 27.3. The Kier molecular flexibility index (Phi) is 13.8. The fourth-order valence-corrected chi connectivity index (χ4v) is 7.23. The van der Waals surface area contributed by atoms with Gasteiger partial charge in [0, 0.05) is 23.8 Å². The Hall–Kier alpha value is -5.80. The molecule has 7 rings (SSSR count). The van der Waals surface area contributed by atoms with E-state index < -0.39 is 161 Å². The van der Waals surface area contributed by atoms with Crippen LogP contribution in [0.5, 0.6) is 40.2 Å². The summed E-state index contributed by atoms with van der Waals surface area (Å²) in [6.07, 6.45) is -23.7. The van der Waals surface area contributed by atoms with Gasteiger partial charge in [-0.2, -0.15) is 0 Å². The standard InChI is InChI=1S/C42H46O23/c1-14-28(49)32(53)35(56)40(59-14)61-18-11-23(47)27-24(12-18)62-37(17-5-7-20(44)22(46)10-17)38(31(27)52)64-42-39(65-41-36(57)33(54)29(50)15(2)60-41)34(55)30(51)25(63-42)13-58-26(48)8-4-16-3-6-19(43)21(45)9-16/h3-12,14-15,25,28-30,32-36,39-47,49-51,53-57H,13H2,1-2H3/b8-4+/t14?,15?,25?,28-,29-,30+,32?,33?,34?,35-,36-,39-,40-,41?,42-/m0/s1. The van der Waals surface area contributed by atoms with Crippen LogP contribution in [0.3, 0.4) is 0 Å². The van der Waals surface area contributed by atoms with Crippen LogP contribution in [0, 0.1) is 0 Å². The number of carbonyl (C=O) groups excluding carboxylic acids is 1. The van der Waals surface area contributed by atoms with E-state index in [-0.39, 0.29) is 16.9 Å². The smallest absolute Gasteiger partial charge is 0.330 e. The number of phenolic OH excluding ortho intramolecular Hbond substituents is 5. The molecule has 7 unspecified atom stereocenters. The van der Waals surface area contributed by atoms with E-state index in [1.54, 1.807) is 0 Å². The van der Waals surface area contributed by atoms with Crippen molar-refractivity contribution in [1.29, 1.82) is 0 Å². The third kappa shape index (κ3) is 9.62. The Balaban J connectivity index is 1.26. The molecule has 15 atom stereocenters. The molecule has 4 aromatic rings. The number of esters is 1. The average molecular weight is 919 g/mol. The second-order valence-corrected chi connectivity index (χ2v) is 15.5. The first-order chi connectivity index (χ1) is 30.7. The minimum Gasteiger partial charge on any atom is -0.507 e. The Morgan fingerprint density at radius 2 is 1.25 bits per heavy atom. The summed E-state index contributed by atoms with van der Waals surface area (Å²) in [7, 11) is 0. The lowest BCUT2D eigenvalue weighted by Crippen LogP contribution is -2.64. The number of rotatable bonds is 11. The van der Waals surface area contributed by atoms with E-state index in [9.17, 15) is 76.0 Å². The van der Waals surface area contributed by atoms with E-state index in [1.807, 2.05) is 0 Å². The number of fused-ring (bicyclic) bond motifs is 1. The molecule has 23 heteroatoms. The molecule has 0 radical (unpaired) electrons. The topological polar surface area (TPSA) is 375 Å². The maximum Gasteiger partial charge on any atom is 0.330 e. The summed E-state index contributed by atoms with van der Waals surface area (Å²) in [5, 5.41) is 136. The van der Waals surface area contributed by atoms with Crippen LogP contribution < -0.4 is 14.9 Å². The van der Waals surface area contributed by atoms with Crippen LogP contribution in [0.1, 0.15) is 19.4 Å². The SMILES string of the molecule is CC1OC(O[C@H]2C(O)[C@H](O)C(COC(=O)/C=C/c3ccc(O)c(O)c3)O[C@H]2Oc2c(-c3ccc(O)c(O)c3)oc3cc(O[C@@H]4OC(C)[C@H](O)C(O)[C@@H]4O)cc(O)c3c2=O)[C@@H](O)C(O)[C@H]1O. The zero-order valence-corrected chi connectivity index (χ0v) is 34.0. The van der Waals surface area contributed by atoms with Gasteiger partial charge in [0.05, 0.1) is 12.2 Å². The van der Waals surface area contributed by atoms with E-state index in [0.717, 1.165) is 36.4 Å². The molecule has 0 aliphatic carbocycles. The molecule has 4 heterocycles. The minimum atomic E-state index is -2.11. The summed E-state index contributed by atoms with van der Waals surface area (Å²) in [5.74, 6) is -5.68. The van der Waals surface area contributed by atoms with E-state index in [0.29, 0.717) is 0 Å². The predicted octanol–water partition coefficient (Wildman–Crippen LogP) is -1.51. The number of phenols is 5. The molecule has 0 bridgehead atoms. The molecule has 23 nitrogen and oxygen atoms in total. The lowest BCUT2D eigenvalue weighted by atomic mass is 9.97. The predicted molar refractivity (Wildman–Crippen MR) is 214 cm³/mol. The van der Waals surface area contributed by atoms with Gasteiger partial charge in [-0.15, -0.1) is 0 Å².